The lowest BCUT2D eigenvalue weighted by molar-refractivity contribution is -0.384. The van der Waals surface area contributed by atoms with E-state index >= 15 is 0 Å². The Morgan fingerprint density at radius 1 is 0.872 bits per heavy atom. The molecule has 1 fully saturated rings. The average molecular weight is 520 g/mol. The van der Waals surface area contributed by atoms with Gasteiger partial charge >= 0.3 is 0 Å². The van der Waals surface area contributed by atoms with Crippen LogP contribution in [0.1, 0.15) is 39.8 Å². The van der Waals surface area contributed by atoms with Crippen LogP contribution in [-0.4, -0.2) is 35.1 Å². The van der Waals surface area contributed by atoms with Crippen LogP contribution in [0.2, 0.25) is 0 Å². The summed E-state index contributed by atoms with van der Waals surface area (Å²) in [7, 11) is 1.42. The number of hydrogen-bond acceptors (Lipinski definition) is 7. The number of benzene rings is 3. The molecule has 192 valence electrons. The molecule has 0 spiro atoms. The van der Waals surface area contributed by atoms with Gasteiger partial charge in [-0.3, -0.25) is 19.7 Å². The number of nitro benzene ring substituents is 1. The molecule has 1 aromatic heterocycles. The standard InChI is InChI=1S/C30H21N3O6/c1-38-24-14-16(33(36)37)10-12-22(24)23-13-11-17(39-23)15-31-32-29(34)27-25-18-6-2-3-7-19(18)26(28(27)30(32)35)21-9-5-4-8-20(21)25/h2-15,25-28H,1H3/b31-15-/t25?,26?,27-,28+. The Labute approximate surface area is 222 Å². The number of hydrogen-bond donors (Lipinski definition) is 0. The average Bonchev–Trinajstić information content (AvgIpc) is 3.54. The van der Waals surface area contributed by atoms with E-state index in [2.05, 4.69) is 29.4 Å². The van der Waals surface area contributed by atoms with Crippen molar-refractivity contribution in [2.45, 2.75) is 11.8 Å². The highest BCUT2D eigenvalue weighted by molar-refractivity contribution is 6.08. The lowest BCUT2D eigenvalue weighted by Gasteiger charge is -2.45. The molecule has 3 aliphatic carbocycles. The number of non-ortho nitro benzene ring substituents is 1. The zero-order valence-electron chi connectivity index (χ0n) is 20.7. The summed E-state index contributed by atoms with van der Waals surface area (Å²) >= 11 is 0. The van der Waals surface area contributed by atoms with Crippen molar-refractivity contribution in [2.75, 3.05) is 7.11 Å². The zero-order valence-corrected chi connectivity index (χ0v) is 20.7. The topological polar surface area (TPSA) is 115 Å². The van der Waals surface area contributed by atoms with Crippen LogP contribution in [0.3, 0.4) is 0 Å². The number of ether oxygens (including phenoxy) is 1. The molecule has 2 amide bonds. The molecule has 4 aromatic rings. The quantitative estimate of drug-likeness (QED) is 0.157. The van der Waals surface area contributed by atoms with Gasteiger partial charge in [-0.2, -0.15) is 10.1 Å². The summed E-state index contributed by atoms with van der Waals surface area (Å²) < 4.78 is 11.2. The number of nitro groups is 1. The second-order valence-corrected chi connectivity index (χ2v) is 9.84. The normalized spacial score (nSPS) is 22.6. The molecular formula is C30H21N3O6. The molecule has 8 rings (SSSR count). The summed E-state index contributed by atoms with van der Waals surface area (Å²) in [6, 6.07) is 23.7. The molecule has 9 heteroatoms. The minimum Gasteiger partial charge on any atom is -0.496 e. The third-order valence-electron chi connectivity index (χ3n) is 8.01. The summed E-state index contributed by atoms with van der Waals surface area (Å²) in [4.78, 5) is 37.9. The van der Waals surface area contributed by atoms with Gasteiger partial charge in [-0.25, -0.2) is 0 Å². The molecule has 1 saturated heterocycles. The fraction of sp³-hybridized carbons (Fsp3) is 0.167. The lowest BCUT2D eigenvalue weighted by Crippen LogP contribution is -2.41. The van der Waals surface area contributed by atoms with Crippen molar-refractivity contribution < 1.29 is 23.7 Å². The Kier molecular flexibility index (Phi) is 5.03. The molecule has 2 heterocycles. The van der Waals surface area contributed by atoms with Gasteiger partial charge in [0.1, 0.15) is 17.3 Å². The van der Waals surface area contributed by atoms with Crippen molar-refractivity contribution in [3.8, 4) is 17.1 Å². The summed E-state index contributed by atoms with van der Waals surface area (Å²) in [5.41, 5.74) is 4.82. The minimum atomic E-state index is -0.513. The van der Waals surface area contributed by atoms with E-state index in [0.29, 0.717) is 17.1 Å². The third kappa shape index (κ3) is 3.29. The van der Waals surface area contributed by atoms with E-state index in [0.717, 1.165) is 27.3 Å². The van der Waals surface area contributed by atoms with Crippen LogP contribution < -0.4 is 4.74 Å². The van der Waals surface area contributed by atoms with Crippen molar-refractivity contribution in [1.82, 2.24) is 5.01 Å². The Morgan fingerprint density at radius 3 is 1.95 bits per heavy atom. The molecule has 0 saturated carbocycles. The van der Waals surface area contributed by atoms with Crippen molar-refractivity contribution in [3.63, 3.8) is 0 Å². The highest BCUT2D eigenvalue weighted by Crippen LogP contribution is 2.61. The van der Waals surface area contributed by atoms with Crippen molar-refractivity contribution in [1.29, 1.82) is 0 Å². The number of furan rings is 1. The predicted molar refractivity (Wildman–Crippen MR) is 140 cm³/mol. The monoisotopic (exact) mass is 519 g/mol. The number of amides is 2. The first-order chi connectivity index (χ1) is 19.0. The summed E-state index contributed by atoms with van der Waals surface area (Å²) in [5.74, 6) is -1.06. The van der Waals surface area contributed by atoms with E-state index in [1.165, 1.54) is 25.5 Å². The number of rotatable bonds is 5. The number of carbonyl (C=O) groups excluding carboxylic acids is 2. The second-order valence-electron chi connectivity index (χ2n) is 9.84. The molecule has 0 radical (unpaired) electrons. The molecule has 39 heavy (non-hydrogen) atoms. The summed E-state index contributed by atoms with van der Waals surface area (Å²) in [5, 5.41) is 16.4. The van der Waals surface area contributed by atoms with E-state index < -0.39 is 16.8 Å². The summed E-state index contributed by atoms with van der Waals surface area (Å²) in [6.07, 6.45) is 1.34. The second kappa shape index (κ2) is 8.49. The van der Waals surface area contributed by atoms with Crippen LogP contribution in [0.25, 0.3) is 11.3 Å². The molecule has 9 nitrogen and oxygen atoms in total. The van der Waals surface area contributed by atoms with Crippen LogP contribution in [0.15, 0.2) is 88.4 Å². The fourth-order valence-corrected chi connectivity index (χ4v) is 6.45. The Bertz CT molecular complexity index is 1610. The predicted octanol–water partition coefficient (Wildman–Crippen LogP) is 5.09. The highest BCUT2D eigenvalue weighted by Gasteiger charge is 2.61. The Morgan fingerprint density at radius 2 is 1.44 bits per heavy atom. The first-order valence-corrected chi connectivity index (χ1v) is 12.5. The number of imide groups is 1. The molecular weight excluding hydrogens is 498 g/mol. The number of carbonyl (C=O) groups is 2. The van der Waals surface area contributed by atoms with Crippen LogP contribution in [0.4, 0.5) is 5.69 Å². The molecule has 2 atom stereocenters. The maximum atomic E-state index is 13.7. The van der Waals surface area contributed by atoms with E-state index in [1.807, 2.05) is 24.3 Å². The first kappa shape index (κ1) is 23.1. The highest BCUT2D eigenvalue weighted by atomic mass is 16.6. The minimum absolute atomic E-state index is 0.102. The van der Waals surface area contributed by atoms with Gasteiger partial charge in [0.2, 0.25) is 0 Å². The van der Waals surface area contributed by atoms with Gasteiger partial charge in [-0.05, 0) is 40.5 Å². The molecule has 0 N–H and O–H groups in total. The van der Waals surface area contributed by atoms with Gasteiger partial charge in [0.15, 0.2) is 0 Å². The fourth-order valence-electron chi connectivity index (χ4n) is 6.45. The molecule has 2 bridgehead atoms. The number of nitrogens with zero attached hydrogens (tertiary/aromatic N) is 3. The van der Waals surface area contributed by atoms with Gasteiger partial charge < -0.3 is 9.15 Å². The van der Waals surface area contributed by atoms with Crippen LogP contribution in [-0.2, 0) is 9.59 Å². The number of methoxy groups -OCH3 is 1. The van der Waals surface area contributed by atoms with Crippen molar-refractivity contribution in [2.24, 2.45) is 16.9 Å². The van der Waals surface area contributed by atoms with Gasteiger partial charge in [-0.15, -0.1) is 0 Å². The summed E-state index contributed by atoms with van der Waals surface area (Å²) in [6.45, 7) is 0. The SMILES string of the molecule is COc1cc([N+](=O)[O-])ccc1-c1ccc(/C=N\N2C(=O)[C@@H]3C4c5ccccc5C(c5ccccc54)[C@@H]3C2=O)o1. The van der Waals surface area contributed by atoms with E-state index in [4.69, 9.17) is 9.15 Å². The van der Waals surface area contributed by atoms with Crippen LogP contribution >= 0.6 is 0 Å². The maximum absolute atomic E-state index is 13.7. The van der Waals surface area contributed by atoms with Crippen LogP contribution in [0.5, 0.6) is 5.75 Å². The first-order valence-electron chi connectivity index (χ1n) is 12.5. The largest absolute Gasteiger partial charge is 0.496 e. The van der Waals surface area contributed by atoms with E-state index in [-0.39, 0.29) is 35.1 Å². The van der Waals surface area contributed by atoms with Gasteiger partial charge in [0.05, 0.1) is 41.7 Å². The smallest absolute Gasteiger partial charge is 0.273 e. The maximum Gasteiger partial charge on any atom is 0.273 e. The number of hydrazone groups is 1. The van der Waals surface area contributed by atoms with E-state index in [9.17, 15) is 19.7 Å². The van der Waals surface area contributed by atoms with Crippen molar-refractivity contribution in [3.05, 3.63) is 117 Å². The van der Waals surface area contributed by atoms with Gasteiger partial charge in [0.25, 0.3) is 17.5 Å². The third-order valence-corrected chi connectivity index (χ3v) is 8.01. The van der Waals surface area contributed by atoms with Gasteiger partial charge in [0, 0.05) is 17.9 Å². The Balaban J connectivity index is 1.20. The lowest BCUT2D eigenvalue weighted by atomic mass is 9.55. The van der Waals surface area contributed by atoms with Gasteiger partial charge in [-0.1, -0.05) is 48.5 Å². The van der Waals surface area contributed by atoms with Crippen molar-refractivity contribution >= 4 is 23.7 Å². The Hall–Kier alpha value is -5.05. The zero-order chi connectivity index (χ0) is 26.8. The molecule has 1 aliphatic heterocycles. The molecule has 3 aromatic carbocycles. The molecule has 4 aliphatic rings. The van der Waals surface area contributed by atoms with E-state index in [1.54, 1.807) is 18.2 Å². The molecule has 0 unspecified atom stereocenters. The van der Waals surface area contributed by atoms with Crippen LogP contribution in [0, 0.1) is 22.0 Å².